The monoisotopic (exact) mass is 1460 g/mol. The van der Waals surface area contributed by atoms with E-state index in [-0.39, 0.29) is 0 Å². The summed E-state index contributed by atoms with van der Waals surface area (Å²) in [4.78, 5) is 21.4. The van der Waals surface area contributed by atoms with Crippen LogP contribution in [0.4, 0.5) is 28.4 Å². The first-order valence-electron chi connectivity index (χ1n) is 36.6. The van der Waals surface area contributed by atoms with Crippen molar-refractivity contribution in [3.63, 3.8) is 0 Å². The molecule has 0 atom stereocenters. The number of benzene rings is 14. The van der Waals surface area contributed by atoms with Crippen molar-refractivity contribution in [2.45, 2.75) is 13.8 Å². The fourth-order valence-electron chi connectivity index (χ4n) is 14.1. The predicted octanol–water partition coefficient (Wildman–Crippen LogP) is 28.2. The van der Waals surface area contributed by atoms with Crippen molar-refractivity contribution in [3.8, 4) is 112 Å². The van der Waals surface area contributed by atoms with Crippen LogP contribution in [0.1, 0.15) is 11.1 Å². The summed E-state index contributed by atoms with van der Waals surface area (Å²) in [6.45, 7) is 4.22. The highest BCUT2D eigenvalue weighted by Crippen LogP contribution is 2.43. The summed E-state index contributed by atoms with van der Waals surface area (Å²) >= 11 is 3.51. The van der Waals surface area contributed by atoms with Crippen LogP contribution in [-0.2, 0) is 0 Å². The summed E-state index contributed by atoms with van der Waals surface area (Å²) in [5.74, 6) is 0. The van der Waals surface area contributed by atoms with Crippen LogP contribution in [0, 0.1) is 13.8 Å². The topological polar surface area (TPSA) is 66.8 Å². The van der Waals surface area contributed by atoms with E-state index < -0.39 is 0 Å². The lowest BCUT2D eigenvalue weighted by Gasteiger charge is -2.27. The number of pyridine rings is 4. The van der Waals surface area contributed by atoms with E-state index in [0.717, 1.165) is 100 Å². The van der Waals surface area contributed by atoms with Crippen molar-refractivity contribution in [1.29, 1.82) is 0 Å². The van der Waals surface area contributed by atoms with Crippen molar-refractivity contribution in [1.82, 2.24) is 19.9 Å². The number of nitrogens with zero attached hydrogens (tertiary/aromatic N) is 5. The van der Waals surface area contributed by atoms with E-state index in [4.69, 9.17) is 9.97 Å². The Balaban J connectivity index is 0.000000140. The second-order valence-corrected chi connectivity index (χ2v) is 27.8. The van der Waals surface area contributed by atoms with Gasteiger partial charge in [-0.25, -0.2) is 0 Å². The molecule has 4 aromatic heterocycles. The van der Waals surface area contributed by atoms with Gasteiger partial charge in [0.2, 0.25) is 0 Å². The second-order valence-electron chi connectivity index (χ2n) is 26.9. The van der Waals surface area contributed by atoms with Crippen LogP contribution in [-0.4, -0.2) is 19.9 Å². The summed E-state index contributed by atoms with van der Waals surface area (Å²) < 4.78 is 1.07. The molecular weight excluding hydrogens is 1390 g/mol. The SMILES string of the molecule is Cc1cnc(-c2cccc(Br)c2)cc1-c1ccccc1.Cc1cnc(-c2cccc(N(c3cccc(-c4cc(-c5ccc(-c6ccccc6)cc5)ccn4)c3)c3cccc4ccccc34)c2)cc1-c1ccccc1.c1ccc(-c2ccc(-c3ccnc(-c4cccc(Nc5cccc6ccccc56)c4)c3)cc2)cc1. The fourth-order valence-corrected chi connectivity index (χ4v) is 14.5. The van der Waals surface area contributed by atoms with Crippen LogP contribution in [0.15, 0.2) is 418 Å². The highest BCUT2D eigenvalue weighted by atomic mass is 79.9. The van der Waals surface area contributed by atoms with Gasteiger partial charge < -0.3 is 10.2 Å². The number of rotatable bonds is 15. The van der Waals surface area contributed by atoms with Crippen LogP contribution < -0.4 is 10.2 Å². The van der Waals surface area contributed by atoms with Gasteiger partial charge in [-0.1, -0.05) is 307 Å². The minimum atomic E-state index is 0.922. The number of halogens is 1. The molecule has 0 aliphatic rings. The Morgan fingerprint density at radius 1 is 0.257 bits per heavy atom. The van der Waals surface area contributed by atoms with Gasteiger partial charge in [-0.15, -0.1) is 0 Å². The van der Waals surface area contributed by atoms with Gasteiger partial charge in [-0.2, -0.15) is 0 Å². The largest absolute Gasteiger partial charge is 0.355 e. The first-order chi connectivity index (χ1) is 53.7. The van der Waals surface area contributed by atoms with E-state index in [0.29, 0.717) is 0 Å². The lowest BCUT2D eigenvalue weighted by atomic mass is 9.99. The average Bonchev–Trinajstić information content (AvgIpc) is 0.770. The molecule has 18 aromatic rings. The van der Waals surface area contributed by atoms with Crippen molar-refractivity contribution in [3.05, 3.63) is 429 Å². The molecule has 0 spiro atoms. The molecule has 18 rings (SSSR count). The number of fused-ring (bicyclic) bond motifs is 2. The summed E-state index contributed by atoms with van der Waals surface area (Å²) in [6, 6.07) is 136. The maximum Gasteiger partial charge on any atom is 0.0709 e. The Bertz CT molecular complexity index is 6160. The molecule has 0 fully saturated rings. The maximum absolute atomic E-state index is 4.91. The molecule has 0 aliphatic carbocycles. The number of hydrogen-bond donors (Lipinski definition) is 1. The van der Waals surface area contributed by atoms with Crippen LogP contribution in [0.2, 0.25) is 0 Å². The van der Waals surface area contributed by atoms with E-state index in [1.165, 1.54) is 77.2 Å². The Hall–Kier alpha value is -13.7. The Morgan fingerprint density at radius 2 is 0.615 bits per heavy atom. The Kier molecular flexibility index (Phi) is 20.9. The molecule has 0 radical (unpaired) electrons. The first-order valence-corrected chi connectivity index (χ1v) is 37.4. The molecule has 0 saturated carbocycles. The molecule has 1 N–H and O–H groups in total. The molecular formula is C102H75BrN6. The summed E-state index contributed by atoms with van der Waals surface area (Å²) in [5, 5.41) is 8.39. The third-order valence-electron chi connectivity index (χ3n) is 19.7. The molecule has 0 aliphatic heterocycles. The maximum atomic E-state index is 4.91. The smallest absolute Gasteiger partial charge is 0.0709 e. The number of aryl methyl sites for hydroxylation is 2. The van der Waals surface area contributed by atoms with Crippen LogP contribution >= 0.6 is 15.9 Å². The van der Waals surface area contributed by atoms with E-state index >= 15 is 0 Å². The number of anilines is 5. The standard InChI is InChI=1S/C51H37N3.C33H24N2.C18H14BrN/c1-36-35-53-50(34-48(36)41-15-6-3-7-16-41)44-20-11-22-46(32-44)54(51-24-12-18-40-17-8-9-23-47(40)51)45-21-10-19-43(31-45)49-33-42(29-30-52-49)39-27-25-38(26-28-39)37-13-4-2-5-14-37;1-2-8-24(9-3-1)25-16-18-26(19-17-25)28-20-21-34-33(23-28)29-12-6-13-30(22-29)35-32-15-7-11-27-10-4-5-14-31(27)32;1-13-12-20-18(15-8-5-9-16(19)10-15)11-17(13)14-6-3-2-4-7-14/h2-35H,1H3;1-23,35H;2-12H,1H3. The van der Waals surface area contributed by atoms with E-state index in [1.807, 2.05) is 55.1 Å². The second kappa shape index (κ2) is 32.7. The van der Waals surface area contributed by atoms with E-state index in [1.54, 1.807) is 0 Å². The van der Waals surface area contributed by atoms with Gasteiger partial charge in [0, 0.05) is 85.0 Å². The van der Waals surface area contributed by atoms with Crippen molar-refractivity contribution < 1.29 is 0 Å². The minimum Gasteiger partial charge on any atom is -0.355 e. The molecule has 14 aromatic carbocycles. The molecule has 7 heteroatoms. The average molecular weight is 1460 g/mol. The highest BCUT2D eigenvalue weighted by molar-refractivity contribution is 9.10. The Morgan fingerprint density at radius 3 is 1.11 bits per heavy atom. The minimum absolute atomic E-state index is 0.922. The van der Waals surface area contributed by atoms with Crippen LogP contribution in [0.5, 0.6) is 0 Å². The molecule has 109 heavy (non-hydrogen) atoms. The summed E-state index contributed by atoms with van der Waals surface area (Å²) in [7, 11) is 0. The van der Waals surface area contributed by atoms with Crippen LogP contribution in [0.3, 0.4) is 0 Å². The van der Waals surface area contributed by atoms with Gasteiger partial charge in [0.05, 0.1) is 28.5 Å². The van der Waals surface area contributed by atoms with Crippen molar-refractivity contribution in [2.75, 3.05) is 10.2 Å². The zero-order chi connectivity index (χ0) is 73.7. The predicted molar refractivity (Wildman–Crippen MR) is 461 cm³/mol. The molecule has 4 heterocycles. The van der Waals surface area contributed by atoms with Crippen LogP contribution in [0.25, 0.3) is 133 Å². The molecule has 0 unspecified atom stereocenters. The lowest BCUT2D eigenvalue weighted by molar-refractivity contribution is 1.26. The molecule has 0 amide bonds. The number of aromatic nitrogens is 4. The van der Waals surface area contributed by atoms with Gasteiger partial charge in [0.25, 0.3) is 0 Å². The zero-order valence-electron chi connectivity index (χ0n) is 60.4. The third kappa shape index (κ3) is 16.2. The van der Waals surface area contributed by atoms with Gasteiger partial charge in [0.15, 0.2) is 0 Å². The lowest BCUT2D eigenvalue weighted by Crippen LogP contribution is -2.11. The Labute approximate surface area is 645 Å². The highest BCUT2D eigenvalue weighted by Gasteiger charge is 2.19. The zero-order valence-corrected chi connectivity index (χ0v) is 62.0. The van der Waals surface area contributed by atoms with Gasteiger partial charge >= 0.3 is 0 Å². The summed E-state index contributed by atoms with van der Waals surface area (Å²) in [5.41, 5.74) is 30.1. The fraction of sp³-hybridized carbons (Fsp3) is 0.0196. The van der Waals surface area contributed by atoms with E-state index in [2.05, 4.69) is 408 Å². The van der Waals surface area contributed by atoms with Gasteiger partial charge in [0.1, 0.15) is 0 Å². The van der Waals surface area contributed by atoms with Crippen molar-refractivity contribution in [2.24, 2.45) is 0 Å². The third-order valence-corrected chi connectivity index (χ3v) is 20.2. The molecule has 0 bridgehead atoms. The molecule has 6 nitrogen and oxygen atoms in total. The summed E-state index contributed by atoms with van der Waals surface area (Å²) in [6.07, 6.45) is 7.72. The molecule has 520 valence electrons. The van der Waals surface area contributed by atoms with Gasteiger partial charge in [-0.3, -0.25) is 19.9 Å². The van der Waals surface area contributed by atoms with Crippen molar-refractivity contribution >= 4 is 65.9 Å². The first kappa shape index (κ1) is 69.6. The molecule has 0 saturated heterocycles. The quantitative estimate of drug-likeness (QED) is 0.110. The normalized spacial score (nSPS) is 10.9. The van der Waals surface area contributed by atoms with Gasteiger partial charge in [-0.05, 0) is 200 Å². The number of nitrogens with one attached hydrogen (secondary N) is 1. The van der Waals surface area contributed by atoms with E-state index in [9.17, 15) is 0 Å². The number of hydrogen-bond acceptors (Lipinski definition) is 6.